The molecule has 14 heavy (non-hydrogen) atoms. The first-order valence-electron chi connectivity index (χ1n) is 4.27. The van der Waals surface area contributed by atoms with Crippen LogP contribution in [0, 0.1) is 0 Å². The second kappa shape index (κ2) is 4.30. The van der Waals surface area contributed by atoms with Crippen molar-refractivity contribution < 1.29 is 0 Å². The monoisotopic (exact) mass is 208 g/mol. The van der Waals surface area contributed by atoms with E-state index in [1.54, 1.807) is 0 Å². The van der Waals surface area contributed by atoms with Crippen LogP contribution in [0.25, 0.3) is 0 Å². The maximum Gasteiger partial charge on any atom is 0.302 e. The van der Waals surface area contributed by atoms with Gasteiger partial charge in [-0.3, -0.25) is 0 Å². The van der Waals surface area contributed by atoms with Crippen molar-refractivity contribution in [3.05, 3.63) is 30.3 Å². The number of benzene rings is 1. The van der Waals surface area contributed by atoms with Crippen LogP contribution in [0.3, 0.4) is 0 Å². The molecule has 0 heterocycles. The minimum Gasteiger partial charge on any atom is -0.390 e. The Morgan fingerprint density at radius 1 is 1.36 bits per heavy atom. The van der Waals surface area contributed by atoms with E-state index >= 15 is 0 Å². The van der Waals surface area contributed by atoms with Crippen molar-refractivity contribution in [2.75, 3.05) is 14.1 Å². The van der Waals surface area contributed by atoms with Gasteiger partial charge < -0.3 is 5.73 Å². The number of nitrogens with two attached hydrogens (primary N) is 1. The molecule has 0 unspecified atom stereocenters. The number of thiocarbonyl (C=S) groups is 1. The molecule has 0 aromatic heterocycles. The SMILES string of the molecule is C[N+](C)(C(=S)N=CN)c1ccccc1. The van der Waals surface area contributed by atoms with Crippen molar-refractivity contribution in [1.29, 1.82) is 0 Å². The van der Waals surface area contributed by atoms with Gasteiger partial charge in [0.1, 0.15) is 5.69 Å². The molecule has 0 aliphatic heterocycles. The minimum atomic E-state index is 0.434. The summed E-state index contributed by atoms with van der Waals surface area (Å²) in [6.45, 7) is 0. The normalized spacial score (nSPS) is 11.9. The van der Waals surface area contributed by atoms with Crippen molar-refractivity contribution in [1.82, 2.24) is 4.48 Å². The van der Waals surface area contributed by atoms with Crippen LogP contribution in [0.1, 0.15) is 0 Å². The number of hydrogen-bond donors (Lipinski definition) is 1. The van der Waals surface area contributed by atoms with Crippen molar-refractivity contribution in [2.45, 2.75) is 0 Å². The molecule has 3 nitrogen and oxygen atoms in total. The molecule has 1 aromatic carbocycles. The zero-order valence-corrected chi connectivity index (χ0v) is 9.16. The van der Waals surface area contributed by atoms with Crippen LogP contribution in [0.2, 0.25) is 0 Å². The predicted octanol–water partition coefficient (Wildman–Crippen LogP) is 1.53. The maximum atomic E-state index is 5.22. The second-order valence-electron chi connectivity index (χ2n) is 3.35. The van der Waals surface area contributed by atoms with Gasteiger partial charge in [-0.15, -0.1) is 0 Å². The summed E-state index contributed by atoms with van der Waals surface area (Å²) in [6, 6.07) is 9.95. The van der Waals surface area contributed by atoms with E-state index in [-0.39, 0.29) is 0 Å². The van der Waals surface area contributed by atoms with Gasteiger partial charge in [0, 0.05) is 12.2 Å². The van der Waals surface area contributed by atoms with E-state index in [1.807, 2.05) is 44.4 Å². The Morgan fingerprint density at radius 3 is 2.43 bits per heavy atom. The Balaban J connectivity index is 3.02. The third kappa shape index (κ3) is 2.16. The van der Waals surface area contributed by atoms with Crippen LogP contribution in [-0.2, 0) is 0 Å². The van der Waals surface area contributed by atoms with Gasteiger partial charge in [-0.2, -0.15) is 4.99 Å². The molecule has 0 spiro atoms. The summed E-state index contributed by atoms with van der Waals surface area (Å²) in [5.74, 6) is 0. The lowest BCUT2D eigenvalue weighted by atomic mass is 10.3. The highest BCUT2D eigenvalue weighted by Gasteiger charge is 2.24. The molecule has 1 rings (SSSR count). The topological polar surface area (TPSA) is 38.4 Å². The first-order chi connectivity index (χ1) is 6.59. The van der Waals surface area contributed by atoms with E-state index in [4.69, 9.17) is 18.0 Å². The molecule has 0 aliphatic rings. The molecular weight excluding hydrogens is 194 g/mol. The zero-order chi connectivity index (χ0) is 10.6. The summed E-state index contributed by atoms with van der Waals surface area (Å²) in [5, 5.41) is 0.540. The van der Waals surface area contributed by atoms with Crippen LogP contribution in [0.4, 0.5) is 5.69 Å². The van der Waals surface area contributed by atoms with Gasteiger partial charge in [0.2, 0.25) is 0 Å². The van der Waals surface area contributed by atoms with E-state index in [9.17, 15) is 0 Å². The summed E-state index contributed by atoms with van der Waals surface area (Å²) in [6.07, 6.45) is 1.23. The number of nitrogens with zero attached hydrogens (tertiary/aromatic N) is 2. The summed E-state index contributed by atoms with van der Waals surface area (Å²) in [4.78, 5) is 3.93. The van der Waals surface area contributed by atoms with Crippen LogP contribution in [0.5, 0.6) is 0 Å². The number of hydrogen-bond acceptors (Lipinski definition) is 1. The summed E-state index contributed by atoms with van der Waals surface area (Å²) in [5.41, 5.74) is 6.30. The molecule has 0 saturated heterocycles. The lowest BCUT2D eigenvalue weighted by Crippen LogP contribution is -2.44. The molecule has 1 aromatic rings. The molecule has 0 aliphatic carbocycles. The molecule has 74 valence electrons. The second-order valence-corrected chi connectivity index (χ2v) is 3.71. The van der Waals surface area contributed by atoms with Gasteiger partial charge in [0.15, 0.2) is 0 Å². The van der Waals surface area contributed by atoms with E-state index in [1.165, 1.54) is 6.34 Å². The average molecular weight is 208 g/mol. The first-order valence-corrected chi connectivity index (χ1v) is 4.68. The quantitative estimate of drug-likeness (QED) is 0.329. The Hall–Kier alpha value is -1.26. The summed E-state index contributed by atoms with van der Waals surface area (Å²) in [7, 11) is 3.95. The van der Waals surface area contributed by atoms with Gasteiger partial charge in [0.25, 0.3) is 0 Å². The van der Waals surface area contributed by atoms with Crippen molar-refractivity contribution in [3.63, 3.8) is 0 Å². The minimum absolute atomic E-state index is 0.434. The average Bonchev–Trinajstić information content (AvgIpc) is 2.19. The molecule has 0 saturated carbocycles. The molecule has 0 bridgehead atoms. The predicted molar refractivity (Wildman–Crippen MR) is 65.4 cm³/mol. The van der Waals surface area contributed by atoms with Gasteiger partial charge >= 0.3 is 5.11 Å². The lowest BCUT2D eigenvalue weighted by Gasteiger charge is -2.25. The van der Waals surface area contributed by atoms with E-state index < -0.39 is 0 Å². The van der Waals surface area contributed by atoms with Crippen LogP contribution < -0.4 is 10.2 Å². The largest absolute Gasteiger partial charge is 0.390 e. The molecule has 2 N–H and O–H groups in total. The summed E-state index contributed by atoms with van der Waals surface area (Å²) >= 11 is 5.17. The standard InChI is InChI=1S/C10H13N3S/c1-13(2,10(14)12-8-11)9-6-4-3-5-7-9/h3-8H,1-2H3,(H-,11,12,14)/p+1. The fraction of sp³-hybridized carbons (Fsp3) is 0.200. The molecule has 0 radical (unpaired) electrons. The highest BCUT2D eigenvalue weighted by Crippen LogP contribution is 2.19. The molecule has 0 fully saturated rings. The number of aliphatic imine (C=N–C) groups is 1. The maximum absolute atomic E-state index is 5.22. The van der Waals surface area contributed by atoms with E-state index in [2.05, 4.69) is 4.99 Å². The highest BCUT2D eigenvalue weighted by molar-refractivity contribution is 7.80. The van der Waals surface area contributed by atoms with Crippen LogP contribution in [0.15, 0.2) is 35.3 Å². The van der Waals surface area contributed by atoms with Crippen LogP contribution in [-0.4, -0.2) is 25.5 Å². The number of para-hydroxylation sites is 1. The van der Waals surface area contributed by atoms with Gasteiger partial charge in [-0.25, -0.2) is 4.48 Å². The van der Waals surface area contributed by atoms with Crippen molar-refractivity contribution in [3.8, 4) is 0 Å². The van der Waals surface area contributed by atoms with Crippen LogP contribution >= 0.6 is 12.2 Å². The zero-order valence-electron chi connectivity index (χ0n) is 8.34. The van der Waals surface area contributed by atoms with E-state index in [0.717, 1.165) is 5.69 Å². The number of quaternary nitrogens is 1. The first kappa shape index (κ1) is 10.8. The molecule has 0 amide bonds. The third-order valence-corrected chi connectivity index (χ3v) is 2.63. The lowest BCUT2D eigenvalue weighted by molar-refractivity contribution is 0.599. The Kier molecular flexibility index (Phi) is 3.33. The van der Waals surface area contributed by atoms with Gasteiger partial charge in [-0.1, -0.05) is 18.2 Å². The molecule has 4 heteroatoms. The van der Waals surface area contributed by atoms with E-state index in [0.29, 0.717) is 9.60 Å². The molecular formula is C10H14N3S+. The van der Waals surface area contributed by atoms with Crippen molar-refractivity contribution >= 4 is 29.4 Å². The number of rotatable bonds is 1. The smallest absolute Gasteiger partial charge is 0.302 e. The van der Waals surface area contributed by atoms with Crippen molar-refractivity contribution in [2.24, 2.45) is 10.7 Å². The summed E-state index contributed by atoms with van der Waals surface area (Å²) < 4.78 is 0.434. The Labute approximate surface area is 89.5 Å². The van der Waals surface area contributed by atoms with Gasteiger partial charge in [0.05, 0.1) is 20.4 Å². The fourth-order valence-corrected chi connectivity index (χ4v) is 1.29. The van der Waals surface area contributed by atoms with Gasteiger partial charge in [-0.05, 0) is 12.1 Å². The fourth-order valence-electron chi connectivity index (χ4n) is 1.12. The Bertz CT molecular complexity index is 344. The molecule has 0 atom stereocenters. The Morgan fingerprint density at radius 2 is 1.93 bits per heavy atom. The third-order valence-electron chi connectivity index (χ3n) is 2.06. The highest BCUT2D eigenvalue weighted by atomic mass is 32.1.